The number of rotatable bonds is 7. The van der Waals surface area contributed by atoms with E-state index in [4.69, 9.17) is 21.7 Å². The normalized spacial score (nSPS) is 21.3. The van der Waals surface area contributed by atoms with Crippen LogP contribution in [0.3, 0.4) is 0 Å². The number of carbonyl (C=O) groups is 1. The summed E-state index contributed by atoms with van der Waals surface area (Å²) in [6.45, 7) is 1.12. The van der Waals surface area contributed by atoms with E-state index in [2.05, 4.69) is 5.18 Å². The minimum absolute atomic E-state index is 0.112. The molecule has 1 unspecified atom stereocenters. The number of hydrogen-bond donors (Lipinski definition) is 0. The van der Waals surface area contributed by atoms with Gasteiger partial charge in [0.1, 0.15) is 21.9 Å². The van der Waals surface area contributed by atoms with Gasteiger partial charge in [-0.1, -0.05) is 42.2 Å². The van der Waals surface area contributed by atoms with Gasteiger partial charge in [-0.25, -0.2) is 0 Å². The van der Waals surface area contributed by atoms with Crippen LogP contribution in [-0.4, -0.2) is 35.4 Å². The smallest absolute Gasteiger partial charge is 0.266 e. The second-order valence-electron chi connectivity index (χ2n) is 5.78. The van der Waals surface area contributed by atoms with Gasteiger partial charge >= 0.3 is 0 Å². The van der Waals surface area contributed by atoms with Gasteiger partial charge in [0.05, 0.1) is 4.91 Å². The lowest BCUT2D eigenvalue weighted by molar-refractivity contribution is -0.122. The van der Waals surface area contributed by atoms with Gasteiger partial charge in [0.25, 0.3) is 5.91 Å². The first-order valence-electron chi connectivity index (χ1n) is 8.17. The van der Waals surface area contributed by atoms with Crippen LogP contribution in [-0.2, 0) is 14.3 Å². The lowest BCUT2D eigenvalue weighted by Crippen LogP contribution is -2.29. The van der Waals surface area contributed by atoms with Gasteiger partial charge in [0.15, 0.2) is 0 Å². The average molecular weight is 390 g/mol. The number of methoxy groups -OCH3 is 1. The maximum atomic E-state index is 12.5. The van der Waals surface area contributed by atoms with Crippen molar-refractivity contribution in [2.75, 3.05) is 20.3 Å². The highest BCUT2D eigenvalue weighted by Gasteiger charge is 2.32. The summed E-state index contributed by atoms with van der Waals surface area (Å²) in [7, 11) is 1.63. The molecule has 2 aliphatic heterocycles. The maximum absolute atomic E-state index is 12.5. The van der Waals surface area contributed by atoms with Crippen molar-refractivity contribution in [1.82, 2.24) is 4.90 Å². The van der Waals surface area contributed by atoms with Gasteiger partial charge in [0.2, 0.25) is 0 Å². The maximum Gasteiger partial charge on any atom is 0.266 e. The molecule has 1 aromatic carbocycles. The summed E-state index contributed by atoms with van der Waals surface area (Å²) in [6.07, 6.45) is 4.69. The number of nitrogens with zero attached hydrogens (tertiary/aromatic N) is 2. The Bertz CT molecular complexity index is 791. The van der Waals surface area contributed by atoms with Crippen LogP contribution in [0.5, 0.6) is 0 Å². The molecule has 0 aliphatic carbocycles. The quantitative estimate of drug-likeness (QED) is 0.301. The van der Waals surface area contributed by atoms with E-state index in [1.807, 2.05) is 18.2 Å². The molecule has 2 heterocycles. The Hall–Kier alpha value is -2.03. The number of allylic oxidation sites excluding steroid dienone is 1. The molecule has 1 atom stereocenters. The molecule has 1 amide bonds. The Morgan fingerprint density at radius 3 is 3.04 bits per heavy atom. The summed E-state index contributed by atoms with van der Waals surface area (Å²) in [4.78, 5) is 25.6. The Morgan fingerprint density at radius 2 is 2.27 bits per heavy atom. The molecule has 26 heavy (non-hydrogen) atoms. The Kier molecular flexibility index (Phi) is 6.18. The van der Waals surface area contributed by atoms with Crippen LogP contribution < -0.4 is 0 Å². The van der Waals surface area contributed by atoms with E-state index in [9.17, 15) is 9.70 Å². The highest BCUT2D eigenvalue weighted by molar-refractivity contribution is 8.26. The van der Waals surface area contributed by atoms with E-state index >= 15 is 0 Å². The summed E-state index contributed by atoms with van der Waals surface area (Å²) < 4.78 is 11.5. The summed E-state index contributed by atoms with van der Waals surface area (Å²) in [5.74, 6) is 0.493. The summed E-state index contributed by atoms with van der Waals surface area (Å²) in [5.41, 5.74) is 1.12. The highest BCUT2D eigenvalue weighted by atomic mass is 32.2. The molecule has 0 aromatic heterocycles. The lowest BCUT2D eigenvalue weighted by atomic mass is 10.1. The molecule has 0 bridgehead atoms. The first-order valence-corrected chi connectivity index (χ1v) is 9.40. The van der Waals surface area contributed by atoms with E-state index in [1.54, 1.807) is 30.2 Å². The Labute approximate surface area is 161 Å². The SMILES string of the molecule is COCCCN1C(=O)/C(=C\C2=CCC(c3ccccc3N=O)O2)SC1=S. The van der Waals surface area contributed by atoms with Crippen molar-refractivity contribution in [2.45, 2.75) is 18.9 Å². The van der Waals surface area contributed by atoms with Gasteiger partial charge in [-0.15, -0.1) is 4.91 Å². The Morgan fingerprint density at radius 1 is 1.46 bits per heavy atom. The van der Waals surface area contributed by atoms with Crippen LogP contribution in [0.2, 0.25) is 0 Å². The van der Waals surface area contributed by atoms with E-state index < -0.39 is 0 Å². The van der Waals surface area contributed by atoms with E-state index in [0.717, 1.165) is 12.0 Å². The number of ether oxygens (including phenoxy) is 2. The van der Waals surface area contributed by atoms with Crippen LogP contribution >= 0.6 is 24.0 Å². The van der Waals surface area contributed by atoms with Crippen molar-refractivity contribution in [3.63, 3.8) is 0 Å². The summed E-state index contributed by atoms with van der Waals surface area (Å²) in [6, 6.07) is 7.09. The zero-order valence-corrected chi connectivity index (χ0v) is 15.8. The summed E-state index contributed by atoms with van der Waals surface area (Å²) >= 11 is 6.57. The van der Waals surface area contributed by atoms with Gasteiger partial charge < -0.3 is 9.47 Å². The van der Waals surface area contributed by atoms with Crippen LogP contribution in [0.15, 0.2) is 52.3 Å². The van der Waals surface area contributed by atoms with Gasteiger partial charge in [-0.05, 0) is 29.8 Å². The third-order valence-corrected chi connectivity index (χ3v) is 5.45. The standard InChI is InChI=1S/C18H18N2O4S2/c1-23-10-4-9-20-17(21)16(26-18(20)25)11-12-7-8-15(24-12)13-5-2-3-6-14(13)19-22/h2-3,5-7,11,15H,4,8-10H2,1H3/b16-11+. The van der Waals surface area contributed by atoms with Crippen LogP contribution in [0, 0.1) is 4.91 Å². The number of hydrogen-bond acceptors (Lipinski definition) is 7. The predicted molar refractivity (Wildman–Crippen MR) is 105 cm³/mol. The van der Waals surface area contributed by atoms with Crippen LogP contribution in [0.25, 0.3) is 0 Å². The van der Waals surface area contributed by atoms with Gasteiger partial charge in [0, 0.05) is 32.2 Å². The third-order valence-electron chi connectivity index (χ3n) is 4.07. The molecular weight excluding hydrogens is 372 g/mol. The second kappa shape index (κ2) is 8.57. The number of thioether (sulfide) groups is 1. The number of amides is 1. The fraction of sp³-hybridized carbons (Fsp3) is 0.333. The fourth-order valence-corrected chi connectivity index (χ4v) is 4.09. The first-order chi connectivity index (χ1) is 12.6. The zero-order valence-electron chi connectivity index (χ0n) is 14.2. The molecule has 0 N–H and O–H groups in total. The molecular formula is C18H18N2O4S2. The molecule has 8 heteroatoms. The third kappa shape index (κ3) is 4.03. The summed E-state index contributed by atoms with van der Waals surface area (Å²) in [5, 5.41) is 3.05. The van der Waals surface area contributed by atoms with Crippen LogP contribution in [0.4, 0.5) is 5.69 Å². The number of carbonyl (C=O) groups excluding carboxylic acids is 1. The molecule has 1 fully saturated rings. The molecule has 0 spiro atoms. The van der Waals surface area contributed by atoms with E-state index in [1.165, 1.54) is 11.8 Å². The Balaban J connectivity index is 1.67. The number of nitroso groups, excluding NO2 is 1. The van der Waals surface area contributed by atoms with E-state index in [0.29, 0.717) is 40.2 Å². The zero-order chi connectivity index (χ0) is 18.5. The topological polar surface area (TPSA) is 68.2 Å². The van der Waals surface area contributed by atoms with E-state index in [-0.39, 0.29) is 12.0 Å². The molecule has 6 nitrogen and oxygen atoms in total. The molecule has 1 saturated heterocycles. The van der Waals surface area contributed by atoms with Crippen molar-refractivity contribution in [2.24, 2.45) is 5.18 Å². The molecule has 3 rings (SSSR count). The van der Waals surface area contributed by atoms with Crippen molar-refractivity contribution >= 4 is 39.9 Å². The van der Waals surface area contributed by atoms with Crippen molar-refractivity contribution < 1.29 is 14.3 Å². The average Bonchev–Trinajstić information content (AvgIpc) is 3.22. The number of thiocarbonyl (C=S) groups is 1. The molecule has 136 valence electrons. The highest BCUT2D eigenvalue weighted by Crippen LogP contribution is 2.38. The lowest BCUT2D eigenvalue weighted by Gasteiger charge is -2.14. The molecule has 0 saturated carbocycles. The minimum Gasteiger partial charge on any atom is -0.486 e. The van der Waals surface area contributed by atoms with Crippen molar-refractivity contribution in [1.29, 1.82) is 0 Å². The molecule has 1 aromatic rings. The monoisotopic (exact) mass is 390 g/mol. The fourth-order valence-electron chi connectivity index (χ4n) is 2.80. The number of benzene rings is 1. The predicted octanol–water partition coefficient (Wildman–Crippen LogP) is 4.21. The van der Waals surface area contributed by atoms with Crippen molar-refractivity contribution in [3.05, 3.63) is 57.6 Å². The van der Waals surface area contributed by atoms with Gasteiger partial charge in [-0.3, -0.25) is 9.69 Å². The minimum atomic E-state index is -0.276. The second-order valence-corrected chi connectivity index (χ2v) is 7.45. The first kappa shape index (κ1) is 18.8. The largest absolute Gasteiger partial charge is 0.486 e. The van der Waals surface area contributed by atoms with Crippen LogP contribution in [0.1, 0.15) is 24.5 Å². The van der Waals surface area contributed by atoms with Crippen molar-refractivity contribution in [3.8, 4) is 0 Å². The molecule has 2 aliphatic rings. The van der Waals surface area contributed by atoms with Gasteiger partial charge in [-0.2, -0.15) is 0 Å². The molecule has 0 radical (unpaired) electrons.